The van der Waals surface area contributed by atoms with Crippen LogP contribution < -0.4 is 0 Å². The predicted octanol–water partition coefficient (Wildman–Crippen LogP) is 6.21. The van der Waals surface area contributed by atoms with Crippen LogP contribution in [0.3, 0.4) is 0 Å². The summed E-state index contributed by atoms with van der Waals surface area (Å²) >= 11 is 0. The van der Waals surface area contributed by atoms with Crippen LogP contribution in [0.25, 0.3) is 0 Å². The highest BCUT2D eigenvalue weighted by atomic mass is 16.5. The number of carbonyl (C=O) groups excluding carboxylic acids is 2. The second-order valence-electron chi connectivity index (χ2n) is 8.43. The summed E-state index contributed by atoms with van der Waals surface area (Å²) < 4.78 is 9.88. The van der Waals surface area contributed by atoms with Crippen LogP contribution >= 0.6 is 0 Å². The van der Waals surface area contributed by atoms with E-state index >= 15 is 0 Å². The summed E-state index contributed by atoms with van der Waals surface area (Å²) in [5.74, 6) is 0.631. The third-order valence-electron chi connectivity index (χ3n) is 6.30. The molecule has 158 valence electrons. The fourth-order valence-electron chi connectivity index (χ4n) is 4.67. The van der Waals surface area contributed by atoms with E-state index in [-0.39, 0.29) is 17.4 Å². The maximum absolute atomic E-state index is 12.6. The van der Waals surface area contributed by atoms with Crippen LogP contribution in [-0.2, 0) is 19.1 Å². The lowest BCUT2D eigenvalue weighted by atomic mass is 9.66. The molecule has 0 spiro atoms. The summed E-state index contributed by atoms with van der Waals surface area (Å²) in [5, 5.41) is 0. The molecule has 0 bridgehead atoms. The van der Waals surface area contributed by atoms with Gasteiger partial charge in [0, 0.05) is 6.42 Å². The van der Waals surface area contributed by atoms with Gasteiger partial charge in [-0.15, -0.1) is 0 Å². The third kappa shape index (κ3) is 9.12. The Morgan fingerprint density at radius 2 is 1.59 bits per heavy atom. The van der Waals surface area contributed by atoms with Crippen molar-refractivity contribution in [2.75, 3.05) is 14.2 Å². The quantitative estimate of drug-likeness (QED) is 0.265. The van der Waals surface area contributed by atoms with Crippen molar-refractivity contribution in [2.24, 2.45) is 11.3 Å². The van der Waals surface area contributed by atoms with Gasteiger partial charge in [0.1, 0.15) is 0 Å². The van der Waals surface area contributed by atoms with E-state index in [1.54, 1.807) is 7.11 Å². The molecule has 0 amide bonds. The van der Waals surface area contributed by atoms with Crippen molar-refractivity contribution in [3.63, 3.8) is 0 Å². The summed E-state index contributed by atoms with van der Waals surface area (Å²) in [4.78, 5) is 23.6. The van der Waals surface area contributed by atoms with Gasteiger partial charge in [-0.05, 0) is 31.6 Å². The molecule has 0 heterocycles. The van der Waals surface area contributed by atoms with Crippen molar-refractivity contribution in [2.45, 2.75) is 110 Å². The largest absolute Gasteiger partial charge is 0.469 e. The summed E-state index contributed by atoms with van der Waals surface area (Å²) in [6.45, 7) is 2.24. The maximum Gasteiger partial charge on any atom is 0.311 e. The number of rotatable bonds is 14. The monoisotopic (exact) mass is 382 g/mol. The molecule has 0 saturated heterocycles. The Balaban J connectivity index is 2.27. The van der Waals surface area contributed by atoms with E-state index in [0.717, 1.165) is 38.5 Å². The average Bonchev–Trinajstić information content (AvgIpc) is 2.70. The topological polar surface area (TPSA) is 52.6 Å². The van der Waals surface area contributed by atoms with Crippen molar-refractivity contribution in [1.29, 1.82) is 0 Å². The predicted molar refractivity (Wildman–Crippen MR) is 110 cm³/mol. The molecule has 4 heteroatoms. The van der Waals surface area contributed by atoms with Gasteiger partial charge in [-0.1, -0.05) is 77.6 Å². The van der Waals surface area contributed by atoms with E-state index in [1.165, 1.54) is 64.9 Å². The molecule has 2 atom stereocenters. The normalized spacial score (nSPS) is 22.4. The lowest BCUT2D eigenvalue weighted by Gasteiger charge is -2.39. The highest BCUT2D eigenvalue weighted by Gasteiger charge is 2.42. The van der Waals surface area contributed by atoms with Gasteiger partial charge in [0.15, 0.2) is 0 Å². The SMILES string of the molecule is CCCCC1CCCC(CCCCCCCCCC(=O)OC)(C(=O)OC)C1. The van der Waals surface area contributed by atoms with Crippen molar-refractivity contribution >= 4 is 11.9 Å². The minimum atomic E-state index is -0.216. The van der Waals surface area contributed by atoms with Gasteiger partial charge in [-0.2, -0.15) is 0 Å². The number of esters is 2. The average molecular weight is 383 g/mol. The molecule has 2 unspecified atom stereocenters. The highest BCUT2D eigenvalue weighted by Crippen LogP contribution is 2.45. The van der Waals surface area contributed by atoms with Gasteiger partial charge < -0.3 is 9.47 Å². The van der Waals surface area contributed by atoms with Crippen LogP contribution in [0.4, 0.5) is 0 Å². The highest BCUT2D eigenvalue weighted by molar-refractivity contribution is 5.76. The van der Waals surface area contributed by atoms with Gasteiger partial charge in [0.2, 0.25) is 0 Å². The van der Waals surface area contributed by atoms with E-state index in [2.05, 4.69) is 11.7 Å². The number of ether oxygens (including phenoxy) is 2. The first-order valence-electron chi connectivity index (χ1n) is 11.2. The van der Waals surface area contributed by atoms with Crippen LogP contribution in [0.5, 0.6) is 0 Å². The van der Waals surface area contributed by atoms with Crippen molar-refractivity contribution < 1.29 is 19.1 Å². The lowest BCUT2D eigenvalue weighted by Crippen LogP contribution is -2.37. The fourth-order valence-corrected chi connectivity index (χ4v) is 4.67. The van der Waals surface area contributed by atoms with E-state index in [1.807, 2.05) is 0 Å². The first-order chi connectivity index (χ1) is 13.1. The number of methoxy groups -OCH3 is 2. The number of unbranched alkanes of at least 4 members (excludes halogenated alkanes) is 7. The van der Waals surface area contributed by atoms with Crippen LogP contribution in [0, 0.1) is 11.3 Å². The molecule has 1 rings (SSSR count). The third-order valence-corrected chi connectivity index (χ3v) is 6.30. The molecule has 0 aromatic rings. The van der Waals surface area contributed by atoms with Crippen LogP contribution in [0.2, 0.25) is 0 Å². The van der Waals surface area contributed by atoms with Crippen LogP contribution in [0.1, 0.15) is 110 Å². The molecular formula is C23H42O4. The van der Waals surface area contributed by atoms with E-state index in [4.69, 9.17) is 4.74 Å². The zero-order valence-electron chi connectivity index (χ0n) is 18.0. The Bertz CT molecular complexity index is 421. The fraction of sp³-hybridized carbons (Fsp3) is 0.913. The Hall–Kier alpha value is -1.06. The molecular weight excluding hydrogens is 340 g/mol. The molecule has 0 aliphatic heterocycles. The van der Waals surface area contributed by atoms with E-state index in [9.17, 15) is 9.59 Å². The second kappa shape index (κ2) is 14.0. The minimum Gasteiger partial charge on any atom is -0.469 e. The standard InChI is InChI=1S/C23H42O4/c1-4-5-14-20-15-13-18-23(19-20,22(25)27-3)17-12-10-8-6-7-9-11-16-21(24)26-2/h20H,4-19H2,1-3H3. The number of hydrogen-bond acceptors (Lipinski definition) is 4. The Morgan fingerprint density at radius 3 is 2.22 bits per heavy atom. The molecule has 4 nitrogen and oxygen atoms in total. The molecule has 0 N–H and O–H groups in total. The van der Waals surface area contributed by atoms with Crippen LogP contribution in [0.15, 0.2) is 0 Å². The zero-order valence-corrected chi connectivity index (χ0v) is 18.0. The smallest absolute Gasteiger partial charge is 0.311 e. The minimum absolute atomic E-state index is 0.0338. The summed E-state index contributed by atoms with van der Waals surface area (Å²) in [5.41, 5.74) is -0.216. The zero-order chi connectivity index (χ0) is 20.0. The van der Waals surface area contributed by atoms with Crippen molar-refractivity contribution in [3.8, 4) is 0 Å². The van der Waals surface area contributed by atoms with Crippen molar-refractivity contribution in [3.05, 3.63) is 0 Å². The lowest BCUT2D eigenvalue weighted by molar-refractivity contribution is -0.157. The van der Waals surface area contributed by atoms with E-state index in [0.29, 0.717) is 12.3 Å². The molecule has 1 saturated carbocycles. The Morgan fingerprint density at radius 1 is 0.926 bits per heavy atom. The first-order valence-corrected chi connectivity index (χ1v) is 11.2. The van der Waals surface area contributed by atoms with Gasteiger partial charge in [0.05, 0.1) is 19.6 Å². The van der Waals surface area contributed by atoms with Gasteiger partial charge in [-0.3, -0.25) is 9.59 Å². The summed E-state index contributed by atoms with van der Waals surface area (Å²) in [6, 6.07) is 0. The molecule has 27 heavy (non-hydrogen) atoms. The molecule has 0 aromatic carbocycles. The van der Waals surface area contributed by atoms with Crippen molar-refractivity contribution in [1.82, 2.24) is 0 Å². The number of carbonyl (C=O) groups is 2. The maximum atomic E-state index is 12.6. The molecule has 0 radical (unpaired) electrons. The second-order valence-corrected chi connectivity index (χ2v) is 8.43. The Labute approximate surface area is 166 Å². The van der Waals surface area contributed by atoms with Gasteiger partial charge in [-0.25, -0.2) is 0 Å². The van der Waals surface area contributed by atoms with Gasteiger partial charge in [0.25, 0.3) is 0 Å². The van der Waals surface area contributed by atoms with Crippen LogP contribution in [-0.4, -0.2) is 26.2 Å². The molecule has 1 aliphatic carbocycles. The molecule has 1 fully saturated rings. The first kappa shape index (κ1) is 24.0. The molecule has 0 aromatic heterocycles. The van der Waals surface area contributed by atoms with Gasteiger partial charge >= 0.3 is 11.9 Å². The molecule has 1 aliphatic rings. The summed E-state index contributed by atoms with van der Waals surface area (Å²) in [7, 11) is 3.00. The number of hydrogen-bond donors (Lipinski definition) is 0. The summed E-state index contributed by atoms with van der Waals surface area (Å²) in [6.07, 6.45) is 17.8. The Kier molecular flexibility index (Phi) is 12.4. The van der Waals surface area contributed by atoms with E-state index < -0.39 is 0 Å².